The maximum atomic E-state index is 13.3. The Balaban J connectivity index is 1.74. The predicted molar refractivity (Wildman–Crippen MR) is 115 cm³/mol. The van der Waals surface area contributed by atoms with Gasteiger partial charge in [0.1, 0.15) is 16.3 Å². The van der Waals surface area contributed by atoms with Crippen molar-refractivity contribution in [3.63, 3.8) is 0 Å². The molecule has 3 heterocycles. The summed E-state index contributed by atoms with van der Waals surface area (Å²) in [7, 11) is 0. The van der Waals surface area contributed by atoms with Gasteiger partial charge in [0.05, 0.1) is 5.39 Å². The minimum absolute atomic E-state index is 0.199. The third-order valence-corrected chi connectivity index (χ3v) is 7.09. The molecule has 0 radical (unpaired) electrons. The van der Waals surface area contributed by atoms with Crippen molar-refractivity contribution in [3.8, 4) is 0 Å². The average molecular weight is 414 g/mol. The van der Waals surface area contributed by atoms with E-state index in [2.05, 4.69) is 36.3 Å². The number of amides is 1. The van der Waals surface area contributed by atoms with Gasteiger partial charge in [0.2, 0.25) is 0 Å². The molecule has 1 amide bonds. The normalized spacial score (nSPS) is 16.8. The molecule has 0 aromatic carbocycles. The van der Waals surface area contributed by atoms with Crippen LogP contribution in [-0.4, -0.2) is 25.3 Å². The van der Waals surface area contributed by atoms with Crippen LogP contribution in [0.3, 0.4) is 0 Å². The van der Waals surface area contributed by atoms with Crippen LogP contribution in [0.4, 0.5) is 0 Å². The highest BCUT2D eigenvalue weighted by molar-refractivity contribution is 7.18. The second kappa shape index (κ2) is 7.09. The first kappa shape index (κ1) is 19.8. The molecule has 0 spiro atoms. The van der Waals surface area contributed by atoms with Crippen LogP contribution >= 0.6 is 11.3 Å². The highest BCUT2D eigenvalue weighted by Crippen LogP contribution is 2.42. The van der Waals surface area contributed by atoms with Crippen LogP contribution in [0.1, 0.15) is 60.9 Å². The van der Waals surface area contributed by atoms with Crippen molar-refractivity contribution in [3.05, 3.63) is 44.6 Å². The number of fused-ring (bicyclic) bond motifs is 3. The summed E-state index contributed by atoms with van der Waals surface area (Å²) in [6.07, 6.45) is 4.52. The standard InChI is InChI=1S/C21H27N5O2S/c1-6-25-15(9-10-22-25)18(27)24-26-12(2)23-19-17(20(26)28)14-8-7-13(21(3,4)5)11-16(14)29-19/h9-10,13H,6-8,11H2,1-5H3,(H,24,27)/t13-/m1/s1. The van der Waals surface area contributed by atoms with Crippen molar-refractivity contribution in [2.75, 3.05) is 5.43 Å². The molecule has 3 aromatic heterocycles. The lowest BCUT2D eigenvalue weighted by Crippen LogP contribution is -2.36. The van der Waals surface area contributed by atoms with Crippen molar-refractivity contribution >= 4 is 27.5 Å². The summed E-state index contributed by atoms with van der Waals surface area (Å²) in [4.78, 5) is 32.7. The van der Waals surface area contributed by atoms with Gasteiger partial charge in [0.15, 0.2) is 0 Å². The van der Waals surface area contributed by atoms with E-state index < -0.39 is 0 Å². The average Bonchev–Trinajstić information content (AvgIpc) is 3.27. The summed E-state index contributed by atoms with van der Waals surface area (Å²) in [5.41, 5.74) is 4.30. The van der Waals surface area contributed by atoms with E-state index in [1.165, 1.54) is 9.55 Å². The monoisotopic (exact) mass is 413 g/mol. The minimum atomic E-state index is -0.368. The molecule has 29 heavy (non-hydrogen) atoms. The van der Waals surface area contributed by atoms with E-state index in [9.17, 15) is 9.59 Å². The van der Waals surface area contributed by atoms with Crippen molar-refractivity contribution in [2.24, 2.45) is 11.3 Å². The van der Waals surface area contributed by atoms with Crippen LogP contribution in [0, 0.1) is 18.3 Å². The van der Waals surface area contributed by atoms with Crippen molar-refractivity contribution in [1.82, 2.24) is 19.4 Å². The Bertz CT molecular complexity index is 1150. The molecule has 0 saturated heterocycles. The minimum Gasteiger partial charge on any atom is -0.267 e. The molecule has 7 nitrogen and oxygen atoms in total. The molecular weight excluding hydrogens is 386 g/mol. The van der Waals surface area contributed by atoms with Gasteiger partial charge in [-0.3, -0.25) is 19.7 Å². The smallest absolute Gasteiger partial charge is 0.267 e. The molecule has 8 heteroatoms. The van der Waals surface area contributed by atoms with E-state index in [0.29, 0.717) is 29.4 Å². The zero-order chi connectivity index (χ0) is 20.9. The number of hydrogen-bond acceptors (Lipinski definition) is 5. The van der Waals surface area contributed by atoms with E-state index in [1.54, 1.807) is 35.2 Å². The van der Waals surface area contributed by atoms with Crippen LogP contribution in [0.2, 0.25) is 0 Å². The summed E-state index contributed by atoms with van der Waals surface area (Å²) in [5.74, 6) is 0.706. The lowest BCUT2D eigenvalue weighted by atomic mass is 9.72. The summed E-state index contributed by atoms with van der Waals surface area (Å²) in [6, 6.07) is 1.64. The van der Waals surface area contributed by atoms with Gasteiger partial charge in [-0.15, -0.1) is 11.3 Å². The number of hydrogen-bond donors (Lipinski definition) is 1. The zero-order valence-corrected chi connectivity index (χ0v) is 18.4. The number of rotatable bonds is 3. The van der Waals surface area contributed by atoms with Gasteiger partial charge in [0, 0.05) is 17.6 Å². The van der Waals surface area contributed by atoms with Gasteiger partial charge in [-0.25, -0.2) is 9.66 Å². The van der Waals surface area contributed by atoms with Crippen molar-refractivity contribution < 1.29 is 4.79 Å². The van der Waals surface area contributed by atoms with Crippen LogP contribution in [0.15, 0.2) is 17.1 Å². The highest BCUT2D eigenvalue weighted by Gasteiger charge is 2.32. The Hall–Kier alpha value is -2.48. The fraction of sp³-hybridized carbons (Fsp3) is 0.524. The van der Waals surface area contributed by atoms with Gasteiger partial charge in [-0.2, -0.15) is 5.10 Å². The maximum absolute atomic E-state index is 13.3. The molecule has 3 aromatic rings. The SMILES string of the molecule is CCn1nccc1C(=O)Nn1c(C)nc2sc3c(c2c1=O)CC[C@@H](C(C)(C)C)C3. The Morgan fingerprint density at radius 1 is 1.38 bits per heavy atom. The molecule has 1 aliphatic carbocycles. The summed E-state index contributed by atoms with van der Waals surface area (Å²) in [5, 5.41) is 4.78. The van der Waals surface area contributed by atoms with Crippen LogP contribution in [0.5, 0.6) is 0 Å². The zero-order valence-electron chi connectivity index (χ0n) is 17.6. The molecule has 1 aliphatic rings. The van der Waals surface area contributed by atoms with Gasteiger partial charge >= 0.3 is 0 Å². The molecule has 1 atom stereocenters. The second-order valence-corrected chi connectivity index (χ2v) is 9.85. The van der Waals surface area contributed by atoms with Gasteiger partial charge in [-0.1, -0.05) is 20.8 Å². The van der Waals surface area contributed by atoms with E-state index in [4.69, 9.17) is 0 Å². The predicted octanol–water partition coefficient (Wildman–Crippen LogP) is 3.52. The first-order chi connectivity index (χ1) is 13.7. The first-order valence-electron chi connectivity index (χ1n) is 10.1. The number of nitrogens with zero attached hydrogens (tertiary/aromatic N) is 4. The van der Waals surface area contributed by atoms with E-state index in [-0.39, 0.29) is 16.9 Å². The number of aryl methyl sites for hydroxylation is 3. The van der Waals surface area contributed by atoms with Crippen LogP contribution in [0.25, 0.3) is 10.2 Å². The Morgan fingerprint density at radius 3 is 2.83 bits per heavy atom. The fourth-order valence-corrected chi connectivity index (χ4v) is 5.47. The van der Waals surface area contributed by atoms with Crippen LogP contribution < -0.4 is 11.0 Å². The van der Waals surface area contributed by atoms with Crippen LogP contribution in [-0.2, 0) is 19.4 Å². The lowest BCUT2D eigenvalue weighted by molar-refractivity contribution is 0.0996. The molecule has 154 valence electrons. The third kappa shape index (κ3) is 3.39. The quantitative estimate of drug-likeness (QED) is 0.712. The molecule has 1 N–H and O–H groups in total. The largest absolute Gasteiger partial charge is 0.288 e. The number of carbonyl (C=O) groups excluding carboxylic acids is 1. The summed E-state index contributed by atoms with van der Waals surface area (Å²) >= 11 is 1.63. The van der Waals surface area contributed by atoms with Gasteiger partial charge in [0.25, 0.3) is 11.5 Å². The molecular formula is C21H27N5O2S. The van der Waals surface area contributed by atoms with Gasteiger partial charge in [-0.05, 0) is 56.1 Å². The maximum Gasteiger partial charge on any atom is 0.288 e. The first-order valence-corrected chi connectivity index (χ1v) is 10.9. The molecule has 0 unspecified atom stereocenters. The van der Waals surface area contributed by atoms with Crippen molar-refractivity contribution in [2.45, 2.75) is 60.4 Å². The van der Waals surface area contributed by atoms with Crippen molar-refractivity contribution in [1.29, 1.82) is 0 Å². The number of carbonyl (C=O) groups is 1. The molecule has 0 fully saturated rings. The number of aromatic nitrogens is 4. The molecule has 4 rings (SSSR count). The number of nitrogens with one attached hydrogen (secondary N) is 1. The van der Waals surface area contributed by atoms with Gasteiger partial charge < -0.3 is 0 Å². The molecule has 0 bridgehead atoms. The fourth-order valence-electron chi connectivity index (χ4n) is 4.13. The lowest BCUT2D eigenvalue weighted by Gasteiger charge is -2.33. The summed E-state index contributed by atoms with van der Waals surface area (Å²) < 4.78 is 2.88. The highest BCUT2D eigenvalue weighted by atomic mass is 32.1. The second-order valence-electron chi connectivity index (χ2n) is 8.76. The molecule has 0 aliphatic heterocycles. The number of thiophene rings is 1. The third-order valence-electron chi connectivity index (χ3n) is 5.94. The molecule has 0 saturated carbocycles. The van der Waals surface area contributed by atoms with E-state index in [1.807, 2.05) is 6.92 Å². The van der Waals surface area contributed by atoms with E-state index in [0.717, 1.165) is 29.7 Å². The topological polar surface area (TPSA) is 81.8 Å². The Kier molecular flexibility index (Phi) is 4.85. The summed E-state index contributed by atoms with van der Waals surface area (Å²) in [6.45, 7) is 11.1. The Morgan fingerprint density at radius 2 is 2.14 bits per heavy atom. The van der Waals surface area contributed by atoms with E-state index >= 15 is 0 Å². The Labute approximate surface area is 173 Å².